The third-order valence-corrected chi connectivity index (χ3v) is 12.6. The molecule has 0 bridgehead atoms. The molecule has 12 rings (SSSR count). The van der Waals surface area contributed by atoms with Gasteiger partial charge in [-0.05, 0) is 45.3 Å². The summed E-state index contributed by atoms with van der Waals surface area (Å²) in [4.78, 5) is 5.49. The third-order valence-electron chi connectivity index (χ3n) is 11.4. The number of nitrogens with zero attached hydrogens (tertiary/aromatic N) is 2. The van der Waals surface area contributed by atoms with Crippen LogP contribution in [0.15, 0.2) is 187 Å². The fourth-order valence-corrected chi connectivity index (χ4v) is 10.3. The number of para-hydroxylation sites is 1. The number of rotatable bonds is 2. The monoisotopic (exact) mass is 705 g/mol. The van der Waals surface area contributed by atoms with E-state index in [4.69, 9.17) is 4.99 Å². The molecule has 252 valence electrons. The van der Waals surface area contributed by atoms with Crippen LogP contribution in [-0.4, -0.2) is 16.6 Å². The van der Waals surface area contributed by atoms with Crippen LogP contribution in [-0.2, 0) is 0 Å². The number of aliphatic imine (C=N–C) groups is 1. The molecule has 1 unspecified atom stereocenters. The second-order valence-electron chi connectivity index (χ2n) is 14.3. The van der Waals surface area contributed by atoms with E-state index >= 15 is 0 Å². The molecule has 10 aromatic rings. The molecule has 1 aliphatic carbocycles. The average molecular weight is 706 g/mol. The van der Waals surface area contributed by atoms with Gasteiger partial charge in [0.1, 0.15) is 0 Å². The number of nitrogens with one attached hydrogen (secondary N) is 1. The Morgan fingerprint density at radius 1 is 0.537 bits per heavy atom. The summed E-state index contributed by atoms with van der Waals surface area (Å²) in [6, 6.07) is 55.5. The molecule has 2 aromatic heterocycles. The number of benzene rings is 8. The molecule has 3 nitrogen and oxygen atoms in total. The second-order valence-corrected chi connectivity index (χ2v) is 15.3. The molecule has 4 heteroatoms. The van der Waals surface area contributed by atoms with Gasteiger partial charge >= 0.3 is 0 Å². The van der Waals surface area contributed by atoms with Crippen LogP contribution in [0.5, 0.6) is 0 Å². The Bertz CT molecular complexity index is 3360. The Balaban J connectivity index is 1.23. The highest BCUT2D eigenvalue weighted by Gasteiger charge is 2.28. The first kappa shape index (κ1) is 29.8. The molecule has 2 aliphatic rings. The van der Waals surface area contributed by atoms with Gasteiger partial charge in [-0.15, -0.1) is 11.3 Å². The number of allylic oxidation sites excluding steroid dienone is 2. The minimum atomic E-state index is 0.000589. The molecule has 1 atom stereocenters. The van der Waals surface area contributed by atoms with Crippen molar-refractivity contribution in [3.63, 3.8) is 0 Å². The fraction of sp³-hybridized carbons (Fsp3) is 0.0200. The molecular weight excluding hydrogens is 675 g/mol. The summed E-state index contributed by atoms with van der Waals surface area (Å²) in [6.07, 6.45) is 8.67. The van der Waals surface area contributed by atoms with Crippen LogP contribution in [0.3, 0.4) is 0 Å². The molecule has 0 saturated carbocycles. The Morgan fingerprint density at radius 2 is 1.24 bits per heavy atom. The van der Waals surface area contributed by atoms with Crippen LogP contribution >= 0.6 is 11.3 Å². The van der Waals surface area contributed by atoms with E-state index in [1.807, 2.05) is 11.3 Å². The summed E-state index contributed by atoms with van der Waals surface area (Å²) in [5, 5.41) is 16.5. The van der Waals surface area contributed by atoms with Crippen molar-refractivity contribution in [2.24, 2.45) is 4.99 Å². The van der Waals surface area contributed by atoms with Crippen molar-refractivity contribution in [2.45, 2.75) is 6.04 Å². The van der Waals surface area contributed by atoms with E-state index in [-0.39, 0.29) is 6.04 Å². The molecule has 1 N–H and O–H groups in total. The lowest BCUT2D eigenvalue weighted by Gasteiger charge is -2.29. The maximum Gasteiger partial charge on any atom is 0.209 e. The molecule has 3 heterocycles. The average Bonchev–Trinajstić information content (AvgIpc) is 3.80. The van der Waals surface area contributed by atoms with E-state index in [2.05, 4.69) is 186 Å². The lowest BCUT2D eigenvalue weighted by molar-refractivity contribution is 0.805. The summed E-state index contributed by atoms with van der Waals surface area (Å²) in [7, 11) is 0. The standard InChI is InChI=1S/C50H31N3S/c1-2-15-30(16-3-1)47-38-22-8-11-26-42(38)51-50(52-47)53-43-27-12-9-23-39(43)46-45-34-20-6-4-17-31(34)40(29-41(45)32-18-5-7-21-35(32)48(46)53)37-25-14-24-36-33-19-10-13-28-44(33)54-49(36)37/h1-29,42H,(H,51,52). The highest BCUT2D eigenvalue weighted by molar-refractivity contribution is 7.26. The van der Waals surface area contributed by atoms with E-state index in [0.29, 0.717) is 0 Å². The lowest BCUT2D eigenvalue weighted by Crippen LogP contribution is -2.42. The van der Waals surface area contributed by atoms with E-state index in [0.717, 1.165) is 22.7 Å². The van der Waals surface area contributed by atoms with Crippen molar-refractivity contribution < 1.29 is 0 Å². The number of hydrogen-bond donors (Lipinski definition) is 1. The molecule has 0 radical (unpaired) electrons. The Hall–Kier alpha value is -6.75. The van der Waals surface area contributed by atoms with Gasteiger partial charge in [-0.25, -0.2) is 4.99 Å². The van der Waals surface area contributed by atoms with Gasteiger partial charge in [0.15, 0.2) is 0 Å². The topological polar surface area (TPSA) is 29.3 Å². The van der Waals surface area contributed by atoms with Gasteiger partial charge in [-0.1, -0.05) is 158 Å². The zero-order valence-corrected chi connectivity index (χ0v) is 29.9. The largest absolute Gasteiger partial charge is 0.345 e. The van der Waals surface area contributed by atoms with Crippen molar-refractivity contribution in [1.29, 1.82) is 0 Å². The van der Waals surface area contributed by atoms with Gasteiger partial charge in [0.05, 0.1) is 22.8 Å². The highest BCUT2D eigenvalue weighted by atomic mass is 32.1. The summed E-state index contributed by atoms with van der Waals surface area (Å²) >= 11 is 1.89. The van der Waals surface area contributed by atoms with Crippen LogP contribution in [0.25, 0.3) is 91.1 Å². The zero-order valence-electron chi connectivity index (χ0n) is 29.1. The second kappa shape index (κ2) is 11.4. The van der Waals surface area contributed by atoms with Gasteiger partial charge in [-0.2, -0.15) is 0 Å². The number of fused-ring (bicyclic) bond motifs is 14. The van der Waals surface area contributed by atoms with Gasteiger partial charge in [-0.3, -0.25) is 4.57 Å². The minimum Gasteiger partial charge on any atom is -0.345 e. The predicted octanol–water partition coefficient (Wildman–Crippen LogP) is 13.0. The van der Waals surface area contributed by atoms with Crippen LogP contribution in [0, 0.1) is 0 Å². The normalized spacial score (nSPS) is 15.6. The lowest BCUT2D eigenvalue weighted by atomic mass is 9.88. The molecule has 0 saturated heterocycles. The summed E-state index contributed by atoms with van der Waals surface area (Å²) in [5.41, 5.74) is 8.13. The zero-order chi connectivity index (χ0) is 35.3. The quantitative estimate of drug-likeness (QED) is 0.178. The van der Waals surface area contributed by atoms with E-state index < -0.39 is 0 Å². The van der Waals surface area contributed by atoms with Gasteiger partial charge < -0.3 is 5.32 Å². The van der Waals surface area contributed by atoms with Crippen molar-refractivity contribution in [2.75, 3.05) is 0 Å². The van der Waals surface area contributed by atoms with Crippen LogP contribution in [0.2, 0.25) is 0 Å². The summed E-state index contributed by atoms with van der Waals surface area (Å²) in [6.45, 7) is 0. The first-order valence-electron chi connectivity index (χ1n) is 18.5. The number of hydrogen-bond acceptors (Lipinski definition) is 3. The van der Waals surface area contributed by atoms with Crippen LogP contribution in [0.1, 0.15) is 5.56 Å². The molecule has 1 aliphatic heterocycles. The first-order valence-corrected chi connectivity index (χ1v) is 19.3. The van der Waals surface area contributed by atoms with Crippen molar-refractivity contribution in [3.8, 4) is 11.1 Å². The molecular formula is C50H31N3S. The Morgan fingerprint density at radius 3 is 2.11 bits per heavy atom. The fourth-order valence-electron chi connectivity index (χ4n) is 9.11. The van der Waals surface area contributed by atoms with Crippen molar-refractivity contribution in [1.82, 2.24) is 9.88 Å². The SMILES string of the molecule is C1=CC2=C(c3ccccc3)N=C(n3c4ccccc4c4c5c6ccccc6c(-c6cccc7c6sc6ccccc67)cc5c5ccccc5c43)NC2C=C1. The highest BCUT2D eigenvalue weighted by Crippen LogP contribution is 2.48. The minimum absolute atomic E-state index is 0.000589. The van der Waals surface area contributed by atoms with Crippen LogP contribution in [0.4, 0.5) is 0 Å². The van der Waals surface area contributed by atoms with Crippen molar-refractivity contribution in [3.05, 3.63) is 187 Å². The van der Waals surface area contributed by atoms with Crippen molar-refractivity contribution >= 4 is 97.3 Å². The first-order chi connectivity index (χ1) is 26.8. The Labute approximate surface area is 315 Å². The van der Waals surface area contributed by atoms with Gasteiger partial charge in [0.25, 0.3) is 0 Å². The molecule has 0 amide bonds. The van der Waals surface area contributed by atoms with E-state index in [9.17, 15) is 0 Å². The number of aromatic nitrogens is 1. The molecule has 8 aromatic carbocycles. The molecule has 0 spiro atoms. The number of thiophene rings is 1. The van der Waals surface area contributed by atoms with E-state index in [1.165, 1.54) is 85.5 Å². The third kappa shape index (κ3) is 4.14. The molecule has 54 heavy (non-hydrogen) atoms. The maximum atomic E-state index is 5.49. The predicted molar refractivity (Wildman–Crippen MR) is 232 cm³/mol. The van der Waals surface area contributed by atoms with Gasteiger partial charge in [0, 0.05) is 58.4 Å². The summed E-state index contributed by atoms with van der Waals surface area (Å²) in [5.74, 6) is 0.829. The Kier molecular flexibility index (Phi) is 6.27. The van der Waals surface area contributed by atoms with E-state index in [1.54, 1.807) is 0 Å². The van der Waals surface area contributed by atoms with Crippen LogP contribution < -0.4 is 5.32 Å². The summed E-state index contributed by atoms with van der Waals surface area (Å²) < 4.78 is 5.04. The van der Waals surface area contributed by atoms with Gasteiger partial charge in [0.2, 0.25) is 5.96 Å². The maximum absolute atomic E-state index is 5.49. The smallest absolute Gasteiger partial charge is 0.209 e. The molecule has 0 fully saturated rings.